The second kappa shape index (κ2) is 11.8. The predicted octanol–water partition coefficient (Wildman–Crippen LogP) is 3.12. The van der Waals surface area contributed by atoms with Crippen molar-refractivity contribution in [2.45, 2.75) is 19.3 Å². The van der Waals surface area contributed by atoms with E-state index < -0.39 is 22.4 Å². The second-order valence-corrected chi connectivity index (χ2v) is 8.96. The molecule has 1 N–H and O–H groups in total. The van der Waals surface area contributed by atoms with Crippen LogP contribution in [0.5, 0.6) is 0 Å². The van der Waals surface area contributed by atoms with E-state index in [0.717, 1.165) is 17.7 Å². The van der Waals surface area contributed by atoms with Crippen LogP contribution in [0.2, 0.25) is 0 Å². The van der Waals surface area contributed by atoms with Crippen LogP contribution < -0.4 is 0 Å². The predicted molar refractivity (Wildman–Crippen MR) is 122 cm³/mol. The number of likely N-dealkylation sites (N-methyl/N-ethyl adjacent to an activating group) is 1. The van der Waals surface area contributed by atoms with Crippen molar-refractivity contribution in [3.63, 3.8) is 0 Å². The molecule has 2 aliphatic heterocycles. The highest BCUT2D eigenvalue weighted by atomic mass is 32.2. The maximum absolute atomic E-state index is 11.4. The molecule has 3 rings (SSSR count). The number of allylic oxidation sites excluding steroid dienone is 3. The molecule has 0 radical (unpaired) electrons. The Labute approximate surface area is 189 Å². The van der Waals surface area contributed by atoms with E-state index in [1.54, 1.807) is 6.92 Å². The summed E-state index contributed by atoms with van der Waals surface area (Å²) in [6.07, 6.45) is 10.6. The Hall–Kier alpha value is -2.72. The Balaban J connectivity index is 0.000000654. The molecule has 2 aliphatic rings. The number of rotatable bonds is 6. The van der Waals surface area contributed by atoms with Gasteiger partial charge in [0.15, 0.2) is 6.29 Å². The van der Waals surface area contributed by atoms with Crippen LogP contribution in [0.25, 0.3) is 6.08 Å². The van der Waals surface area contributed by atoms with Crippen LogP contribution >= 0.6 is 0 Å². The number of ether oxygens (including phenoxy) is 3. The summed E-state index contributed by atoms with van der Waals surface area (Å²) in [6.45, 7) is 6.66. The average Bonchev–Trinajstić information content (AvgIpc) is 3.20. The first-order chi connectivity index (χ1) is 15.0. The van der Waals surface area contributed by atoms with Crippen molar-refractivity contribution in [2.24, 2.45) is 0 Å². The fourth-order valence-electron chi connectivity index (χ4n) is 2.67. The summed E-state index contributed by atoms with van der Waals surface area (Å²) in [5.74, 6) is -0.409. The average molecular weight is 464 g/mol. The zero-order chi connectivity index (χ0) is 23.7. The third-order valence-electron chi connectivity index (χ3n) is 4.31. The van der Waals surface area contributed by atoms with Crippen molar-refractivity contribution in [2.75, 3.05) is 33.1 Å². The van der Waals surface area contributed by atoms with Gasteiger partial charge in [0.25, 0.3) is 10.1 Å². The van der Waals surface area contributed by atoms with Crippen LogP contribution in [0.3, 0.4) is 0 Å². The summed E-state index contributed by atoms with van der Waals surface area (Å²) in [4.78, 5) is 13.6. The van der Waals surface area contributed by atoms with E-state index in [-0.39, 0.29) is 12.7 Å². The molecule has 0 aromatic heterocycles. The number of hydrogen-bond acceptors (Lipinski definition) is 7. The van der Waals surface area contributed by atoms with Crippen molar-refractivity contribution < 1.29 is 32.0 Å². The van der Waals surface area contributed by atoms with Gasteiger partial charge in [-0.05, 0) is 30.3 Å². The van der Waals surface area contributed by atoms with Crippen LogP contribution in [0, 0.1) is 0 Å². The summed E-state index contributed by atoms with van der Waals surface area (Å²) >= 11 is 0. The van der Waals surface area contributed by atoms with Crippen molar-refractivity contribution in [1.82, 2.24) is 4.90 Å². The van der Waals surface area contributed by atoms with Crippen molar-refractivity contribution in [3.8, 4) is 0 Å². The van der Waals surface area contributed by atoms with Crippen LogP contribution in [0.15, 0.2) is 66.4 Å². The molecule has 8 nitrogen and oxygen atoms in total. The SMILES string of the molecule is C=C(C)C(=O)OCC1COC(c2ccc(C=CC3=CCN(C)C=C3)cc2)O1.CS(=O)(=O)O. The van der Waals surface area contributed by atoms with Gasteiger partial charge in [-0.1, -0.05) is 49.1 Å². The van der Waals surface area contributed by atoms with E-state index in [1.165, 1.54) is 5.57 Å². The molecule has 1 saturated heterocycles. The molecule has 1 fully saturated rings. The van der Waals surface area contributed by atoms with Gasteiger partial charge in [-0.3, -0.25) is 4.55 Å². The Morgan fingerprint density at radius 2 is 1.97 bits per heavy atom. The first kappa shape index (κ1) is 25.5. The first-order valence-corrected chi connectivity index (χ1v) is 11.7. The molecule has 0 spiro atoms. The van der Waals surface area contributed by atoms with E-state index in [9.17, 15) is 13.2 Å². The molecule has 1 aromatic carbocycles. The van der Waals surface area contributed by atoms with E-state index >= 15 is 0 Å². The van der Waals surface area contributed by atoms with Crippen LogP contribution in [0.4, 0.5) is 0 Å². The highest BCUT2D eigenvalue weighted by Crippen LogP contribution is 2.27. The molecule has 0 bridgehead atoms. The molecule has 9 heteroatoms. The van der Waals surface area contributed by atoms with Gasteiger partial charge in [-0.2, -0.15) is 8.42 Å². The molecule has 2 heterocycles. The van der Waals surface area contributed by atoms with Crippen LogP contribution in [-0.2, 0) is 29.1 Å². The van der Waals surface area contributed by atoms with E-state index in [0.29, 0.717) is 18.4 Å². The number of carbonyl (C=O) groups is 1. The molecule has 0 aliphatic carbocycles. The van der Waals surface area contributed by atoms with Crippen LogP contribution in [-0.4, -0.2) is 63.0 Å². The summed E-state index contributed by atoms with van der Waals surface area (Å²) in [5, 5.41) is 0. The lowest BCUT2D eigenvalue weighted by molar-refractivity contribution is -0.143. The molecular formula is C23H29NO7S. The molecule has 32 heavy (non-hydrogen) atoms. The van der Waals surface area contributed by atoms with Gasteiger partial charge in [0.2, 0.25) is 0 Å². The maximum Gasteiger partial charge on any atom is 0.333 e. The summed E-state index contributed by atoms with van der Waals surface area (Å²) < 4.78 is 42.5. The molecule has 174 valence electrons. The lowest BCUT2D eigenvalue weighted by Crippen LogP contribution is -2.20. The standard InChI is InChI=1S/C22H25NO4.CH4O3S/c1-16(2)21(24)25-14-20-15-26-22(27-20)19-8-6-17(7-9-19)4-5-18-10-12-23(3)13-11-18;1-5(2,3)4/h4-12,20,22H,1,13-15H2,2-3H3;1H3,(H,2,3,4). The monoisotopic (exact) mass is 463 g/mol. The van der Waals surface area contributed by atoms with Gasteiger partial charge >= 0.3 is 5.97 Å². The van der Waals surface area contributed by atoms with Gasteiger partial charge in [0.1, 0.15) is 12.7 Å². The normalized spacial score (nSPS) is 20.5. The molecule has 1 aromatic rings. The number of carbonyl (C=O) groups excluding carboxylic acids is 1. The Morgan fingerprint density at radius 1 is 1.31 bits per heavy atom. The zero-order valence-corrected chi connectivity index (χ0v) is 19.2. The Bertz CT molecular complexity index is 986. The fourth-order valence-corrected chi connectivity index (χ4v) is 2.67. The van der Waals surface area contributed by atoms with E-state index in [1.807, 2.05) is 24.3 Å². The number of nitrogens with zero attached hydrogens (tertiary/aromatic N) is 1. The minimum Gasteiger partial charge on any atom is -0.459 e. The number of hydrogen-bond donors (Lipinski definition) is 1. The van der Waals surface area contributed by atoms with Gasteiger partial charge in [0, 0.05) is 24.7 Å². The largest absolute Gasteiger partial charge is 0.459 e. The third-order valence-corrected chi connectivity index (χ3v) is 4.31. The van der Waals surface area contributed by atoms with Gasteiger partial charge in [-0.25, -0.2) is 4.79 Å². The van der Waals surface area contributed by atoms with Crippen LogP contribution in [0.1, 0.15) is 24.3 Å². The highest BCUT2D eigenvalue weighted by Gasteiger charge is 2.28. The first-order valence-electron chi connectivity index (χ1n) is 9.90. The minimum atomic E-state index is -3.67. The molecular weight excluding hydrogens is 434 g/mol. The van der Waals surface area contributed by atoms with Gasteiger partial charge < -0.3 is 19.1 Å². The summed E-state index contributed by atoms with van der Waals surface area (Å²) in [5.41, 5.74) is 3.63. The molecule has 2 atom stereocenters. The molecule has 2 unspecified atom stereocenters. The smallest absolute Gasteiger partial charge is 0.333 e. The lowest BCUT2D eigenvalue weighted by atomic mass is 10.1. The minimum absolute atomic E-state index is 0.167. The Morgan fingerprint density at radius 3 is 2.53 bits per heavy atom. The highest BCUT2D eigenvalue weighted by molar-refractivity contribution is 7.85. The van der Waals surface area contributed by atoms with E-state index in [2.05, 4.69) is 49.0 Å². The maximum atomic E-state index is 11.4. The molecule has 0 saturated carbocycles. The summed E-state index contributed by atoms with van der Waals surface area (Å²) in [6, 6.07) is 8.05. The summed E-state index contributed by atoms with van der Waals surface area (Å²) in [7, 11) is -1.62. The molecule has 0 amide bonds. The van der Waals surface area contributed by atoms with E-state index in [4.69, 9.17) is 18.8 Å². The van der Waals surface area contributed by atoms with Gasteiger partial charge in [0.05, 0.1) is 12.9 Å². The quantitative estimate of drug-likeness (QED) is 0.390. The number of esters is 1. The topological polar surface area (TPSA) is 102 Å². The van der Waals surface area contributed by atoms with Crippen molar-refractivity contribution in [1.29, 1.82) is 0 Å². The fraction of sp³-hybridized carbons (Fsp3) is 0.348. The van der Waals surface area contributed by atoms with Gasteiger partial charge in [-0.15, -0.1) is 0 Å². The van der Waals surface area contributed by atoms with Crippen molar-refractivity contribution in [3.05, 3.63) is 77.5 Å². The van der Waals surface area contributed by atoms with Crippen molar-refractivity contribution >= 4 is 22.2 Å². The zero-order valence-electron chi connectivity index (χ0n) is 18.4. The Kier molecular flexibility index (Phi) is 9.40. The second-order valence-electron chi connectivity index (χ2n) is 7.49. The lowest BCUT2D eigenvalue weighted by Gasteiger charge is -2.15. The number of benzene rings is 1. The third kappa shape index (κ3) is 9.61.